The largest absolute Gasteiger partial charge is 0.391 e. The lowest BCUT2D eigenvalue weighted by Crippen LogP contribution is -2.41. The summed E-state index contributed by atoms with van der Waals surface area (Å²) in [5, 5.41) is 16.2. The van der Waals surface area contributed by atoms with Crippen LogP contribution in [0.4, 0.5) is 0 Å². The molecule has 0 aliphatic carbocycles. The Labute approximate surface area is 110 Å². The van der Waals surface area contributed by atoms with Gasteiger partial charge in [-0.05, 0) is 31.1 Å². The van der Waals surface area contributed by atoms with Crippen molar-refractivity contribution in [2.24, 2.45) is 11.3 Å². The number of carbonyl (C=O) groups is 1. The third-order valence-electron chi connectivity index (χ3n) is 4.00. The molecule has 4 atom stereocenters. The summed E-state index contributed by atoms with van der Waals surface area (Å²) in [5.41, 5.74) is 0.0954. The molecular weight excluding hydrogens is 228 g/mol. The van der Waals surface area contributed by atoms with Crippen LogP contribution in [-0.2, 0) is 4.79 Å². The van der Waals surface area contributed by atoms with Gasteiger partial charge >= 0.3 is 0 Å². The summed E-state index contributed by atoms with van der Waals surface area (Å²) in [4.78, 5) is 12.0. The van der Waals surface area contributed by atoms with E-state index in [2.05, 4.69) is 31.4 Å². The first kappa shape index (κ1) is 13.8. The molecule has 0 spiro atoms. The van der Waals surface area contributed by atoms with Crippen LogP contribution in [0.1, 0.15) is 46.5 Å². The Balaban J connectivity index is 1.72. The fraction of sp³-hybridized carbons (Fsp3) is 0.929. The highest BCUT2D eigenvalue weighted by Gasteiger charge is 2.42. The molecule has 0 aromatic heterocycles. The number of fused-ring (bicyclic) bond motifs is 2. The van der Waals surface area contributed by atoms with Gasteiger partial charge in [-0.25, -0.2) is 0 Å². The van der Waals surface area contributed by atoms with E-state index in [-0.39, 0.29) is 17.2 Å². The van der Waals surface area contributed by atoms with Gasteiger partial charge < -0.3 is 15.7 Å². The molecule has 2 aliphatic heterocycles. The maximum Gasteiger partial charge on any atom is 0.224 e. The first-order chi connectivity index (χ1) is 8.35. The van der Waals surface area contributed by atoms with Crippen LogP contribution in [0, 0.1) is 11.3 Å². The van der Waals surface area contributed by atoms with Crippen molar-refractivity contribution in [3.63, 3.8) is 0 Å². The van der Waals surface area contributed by atoms with Gasteiger partial charge in [-0.15, -0.1) is 0 Å². The minimum atomic E-state index is -0.444. The molecule has 2 heterocycles. The normalized spacial score (nSPS) is 32.6. The van der Waals surface area contributed by atoms with Gasteiger partial charge in [-0.3, -0.25) is 4.79 Å². The molecule has 4 unspecified atom stereocenters. The van der Waals surface area contributed by atoms with Crippen LogP contribution in [0.5, 0.6) is 0 Å². The second-order valence-corrected chi connectivity index (χ2v) is 7.05. The average Bonchev–Trinajstić information content (AvgIpc) is 2.84. The molecule has 2 rings (SSSR count). The predicted molar refractivity (Wildman–Crippen MR) is 71.1 cm³/mol. The van der Waals surface area contributed by atoms with Crippen LogP contribution in [-0.4, -0.2) is 35.7 Å². The Kier molecular flexibility index (Phi) is 3.97. The minimum Gasteiger partial charge on any atom is -0.391 e. The molecule has 0 aromatic carbocycles. The molecule has 0 radical (unpaired) electrons. The third kappa shape index (κ3) is 3.45. The second kappa shape index (κ2) is 5.17. The van der Waals surface area contributed by atoms with Crippen LogP contribution >= 0.6 is 0 Å². The molecule has 0 aromatic rings. The molecule has 0 saturated carbocycles. The molecule has 3 N–H and O–H groups in total. The van der Waals surface area contributed by atoms with Crippen molar-refractivity contribution >= 4 is 5.91 Å². The predicted octanol–water partition coefficient (Wildman–Crippen LogP) is 1.04. The highest BCUT2D eigenvalue weighted by Crippen LogP contribution is 2.33. The standard InChI is InChI=1S/C14H26N2O2/c1-14(2,3)7-10(17)8-15-13(18)11-6-9-4-5-12(11)16-9/h9-12,16-17H,4-8H2,1-3H3,(H,15,18). The highest BCUT2D eigenvalue weighted by molar-refractivity contribution is 5.80. The van der Waals surface area contributed by atoms with E-state index in [0.29, 0.717) is 25.0 Å². The number of hydrogen-bond donors (Lipinski definition) is 3. The van der Waals surface area contributed by atoms with Crippen LogP contribution in [0.15, 0.2) is 0 Å². The lowest BCUT2D eigenvalue weighted by molar-refractivity contribution is -0.126. The van der Waals surface area contributed by atoms with Gasteiger partial charge in [0.15, 0.2) is 0 Å². The van der Waals surface area contributed by atoms with Gasteiger partial charge in [0, 0.05) is 18.6 Å². The Morgan fingerprint density at radius 1 is 1.44 bits per heavy atom. The lowest BCUT2D eigenvalue weighted by Gasteiger charge is -2.24. The van der Waals surface area contributed by atoms with Crippen LogP contribution in [0.2, 0.25) is 0 Å². The van der Waals surface area contributed by atoms with Crippen molar-refractivity contribution in [2.75, 3.05) is 6.54 Å². The van der Waals surface area contributed by atoms with Gasteiger partial charge in [-0.1, -0.05) is 20.8 Å². The summed E-state index contributed by atoms with van der Waals surface area (Å²) in [7, 11) is 0. The molecule has 18 heavy (non-hydrogen) atoms. The molecule has 4 heteroatoms. The fourth-order valence-electron chi connectivity index (χ4n) is 3.24. The fourth-order valence-corrected chi connectivity index (χ4v) is 3.24. The van der Waals surface area contributed by atoms with E-state index in [1.165, 1.54) is 6.42 Å². The van der Waals surface area contributed by atoms with Gasteiger partial charge in [-0.2, -0.15) is 0 Å². The SMILES string of the molecule is CC(C)(C)CC(O)CNC(=O)C1CC2CCC1N2. The van der Waals surface area contributed by atoms with Crippen molar-refractivity contribution in [3.05, 3.63) is 0 Å². The van der Waals surface area contributed by atoms with E-state index in [1.807, 2.05) is 0 Å². The molecule has 104 valence electrons. The number of aliphatic hydroxyl groups excluding tert-OH is 1. The van der Waals surface area contributed by atoms with Crippen molar-refractivity contribution < 1.29 is 9.90 Å². The molecule has 2 aliphatic rings. The first-order valence-corrected chi connectivity index (χ1v) is 7.07. The molecule has 1 amide bonds. The molecule has 4 nitrogen and oxygen atoms in total. The zero-order valence-corrected chi connectivity index (χ0v) is 11.7. The summed E-state index contributed by atoms with van der Waals surface area (Å²) in [6, 6.07) is 0.917. The number of carbonyl (C=O) groups excluding carboxylic acids is 1. The summed E-state index contributed by atoms with van der Waals surface area (Å²) in [6.07, 6.45) is 3.56. The number of nitrogens with one attached hydrogen (secondary N) is 2. The maximum absolute atomic E-state index is 12.0. The number of aliphatic hydroxyl groups is 1. The van der Waals surface area contributed by atoms with Crippen molar-refractivity contribution in [1.82, 2.24) is 10.6 Å². The first-order valence-electron chi connectivity index (χ1n) is 7.07. The topological polar surface area (TPSA) is 61.4 Å². The van der Waals surface area contributed by atoms with Crippen LogP contribution in [0.3, 0.4) is 0 Å². The Bertz CT molecular complexity index is 311. The Morgan fingerprint density at radius 3 is 2.67 bits per heavy atom. The second-order valence-electron chi connectivity index (χ2n) is 7.05. The molecular formula is C14H26N2O2. The summed E-state index contributed by atoms with van der Waals surface area (Å²) < 4.78 is 0. The van der Waals surface area contributed by atoms with E-state index in [4.69, 9.17) is 0 Å². The zero-order chi connectivity index (χ0) is 13.3. The number of hydrogen-bond acceptors (Lipinski definition) is 3. The van der Waals surface area contributed by atoms with E-state index in [1.54, 1.807) is 0 Å². The zero-order valence-electron chi connectivity index (χ0n) is 11.7. The number of rotatable bonds is 4. The summed E-state index contributed by atoms with van der Waals surface area (Å²) >= 11 is 0. The maximum atomic E-state index is 12.0. The van der Waals surface area contributed by atoms with Crippen LogP contribution < -0.4 is 10.6 Å². The monoisotopic (exact) mass is 254 g/mol. The Hall–Kier alpha value is -0.610. The molecule has 2 fully saturated rings. The van der Waals surface area contributed by atoms with E-state index < -0.39 is 6.10 Å². The third-order valence-corrected chi connectivity index (χ3v) is 4.00. The Morgan fingerprint density at radius 2 is 2.17 bits per heavy atom. The molecule has 2 saturated heterocycles. The van der Waals surface area contributed by atoms with Crippen molar-refractivity contribution in [1.29, 1.82) is 0 Å². The smallest absolute Gasteiger partial charge is 0.224 e. The van der Waals surface area contributed by atoms with Gasteiger partial charge in [0.2, 0.25) is 5.91 Å². The van der Waals surface area contributed by atoms with Crippen LogP contribution in [0.25, 0.3) is 0 Å². The lowest BCUT2D eigenvalue weighted by atomic mass is 9.88. The average molecular weight is 254 g/mol. The van der Waals surface area contributed by atoms with Crippen molar-refractivity contribution in [2.45, 2.75) is 64.6 Å². The van der Waals surface area contributed by atoms with Crippen molar-refractivity contribution in [3.8, 4) is 0 Å². The van der Waals surface area contributed by atoms with Gasteiger partial charge in [0.25, 0.3) is 0 Å². The van der Waals surface area contributed by atoms with E-state index in [9.17, 15) is 9.90 Å². The summed E-state index contributed by atoms with van der Waals surface area (Å²) in [6.45, 7) is 6.66. The van der Waals surface area contributed by atoms with E-state index >= 15 is 0 Å². The minimum absolute atomic E-state index is 0.0954. The van der Waals surface area contributed by atoms with Gasteiger partial charge in [0.1, 0.15) is 0 Å². The highest BCUT2D eigenvalue weighted by atomic mass is 16.3. The number of amides is 1. The van der Waals surface area contributed by atoms with E-state index in [0.717, 1.165) is 12.8 Å². The quantitative estimate of drug-likeness (QED) is 0.702. The molecule has 2 bridgehead atoms. The van der Waals surface area contributed by atoms with Gasteiger partial charge in [0.05, 0.1) is 12.0 Å². The summed E-state index contributed by atoms with van der Waals surface area (Å²) in [5.74, 6) is 0.230.